The molecule has 3 nitrogen and oxygen atoms in total. The molecule has 2 aromatic rings. The minimum absolute atomic E-state index is 0. The van der Waals surface area contributed by atoms with Gasteiger partial charge in [-0.3, -0.25) is 9.78 Å². The van der Waals surface area contributed by atoms with Gasteiger partial charge in [0.25, 0.3) is 0 Å². The van der Waals surface area contributed by atoms with Gasteiger partial charge in [0.05, 0.1) is 16.0 Å². The predicted molar refractivity (Wildman–Crippen MR) is 82.0 cm³/mol. The van der Waals surface area contributed by atoms with E-state index in [1.165, 1.54) is 0 Å². The van der Waals surface area contributed by atoms with E-state index in [1.54, 1.807) is 36.7 Å². The second-order valence-electron chi connectivity index (χ2n) is 4.13. The first kappa shape index (κ1) is 16.8. The standard InChI is InChI=1S/C14H11Cl2NO2.ClH/c15-12-4-3-10(7-13(12)16)11(14(18)19)6-9-2-1-5-17-8-9;/h1-5,7-8,11H,6H2,(H,18,19);1H. The summed E-state index contributed by atoms with van der Waals surface area (Å²) in [7, 11) is 0. The third kappa shape index (κ3) is 4.10. The SMILES string of the molecule is Cl.O=C(O)C(Cc1cccnc1)c1ccc(Cl)c(Cl)c1. The monoisotopic (exact) mass is 331 g/mol. The molecular weight excluding hydrogens is 321 g/mol. The zero-order valence-corrected chi connectivity index (χ0v) is 12.6. The van der Waals surface area contributed by atoms with Gasteiger partial charge in [0.2, 0.25) is 0 Å². The molecule has 0 fully saturated rings. The first-order valence-electron chi connectivity index (χ1n) is 5.64. The van der Waals surface area contributed by atoms with Crippen molar-refractivity contribution in [3.63, 3.8) is 0 Å². The molecule has 0 amide bonds. The average Bonchev–Trinajstić information content (AvgIpc) is 2.40. The molecule has 1 atom stereocenters. The maximum Gasteiger partial charge on any atom is 0.311 e. The van der Waals surface area contributed by atoms with Crippen LogP contribution in [0.4, 0.5) is 0 Å². The fourth-order valence-corrected chi connectivity index (χ4v) is 2.14. The van der Waals surface area contributed by atoms with Gasteiger partial charge >= 0.3 is 5.97 Å². The van der Waals surface area contributed by atoms with Crippen molar-refractivity contribution >= 4 is 41.6 Å². The van der Waals surface area contributed by atoms with Crippen LogP contribution in [0.5, 0.6) is 0 Å². The van der Waals surface area contributed by atoms with Crippen LogP contribution in [0.3, 0.4) is 0 Å². The van der Waals surface area contributed by atoms with E-state index in [4.69, 9.17) is 23.2 Å². The first-order valence-corrected chi connectivity index (χ1v) is 6.40. The van der Waals surface area contributed by atoms with E-state index in [0.29, 0.717) is 22.0 Å². The van der Waals surface area contributed by atoms with E-state index < -0.39 is 11.9 Å². The van der Waals surface area contributed by atoms with Gasteiger partial charge in [-0.05, 0) is 35.7 Å². The lowest BCUT2D eigenvalue weighted by Crippen LogP contribution is -2.14. The maximum atomic E-state index is 11.4. The van der Waals surface area contributed by atoms with Crippen LogP contribution < -0.4 is 0 Å². The lowest BCUT2D eigenvalue weighted by molar-refractivity contribution is -0.138. The van der Waals surface area contributed by atoms with Crippen LogP contribution in [0.1, 0.15) is 17.0 Å². The van der Waals surface area contributed by atoms with Crippen molar-refractivity contribution < 1.29 is 9.90 Å². The highest BCUT2D eigenvalue weighted by Gasteiger charge is 2.21. The molecule has 1 N–H and O–H groups in total. The molecule has 0 aliphatic heterocycles. The molecular formula is C14H12Cl3NO2. The third-order valence-electron chi connectivity index (χ3n) is 2.81. The number of carbonyl (C=O) groups is 1. The maximum absolute atomic E-state index is 11.4. The number of rotatable bonds is 4. The Hall–Kier alpha value is -1.29. The van der Waals surface area contributed by atoms with E-state index >= 15 is 0 Å². The fraction of sp³-hybridized carbons (Fsp3) is 0.143. The lowest BCUT2D eigenvalue weighted by atomic mass is 9.93. The zero-order valence-electron chi connectivity index (χ0n) is 10.3. The van der Waals surface area contributed by atoms with Crippen molar-refractivity contribution in [2.24, 2.45) is 0 Å². The molecule has 1 unspecified atom stereocenters. The summed E-state index contributed by atoms with van der Waals surface area (Å²) in [5, 5.41) is 10.1. The summed E-state index contributed by atoms with van der Waals surface area (Å²) in [5.41, 5.74) is 1.49. The fourth-order valence-electron chi connectivity index (χ4n) is 1.83. The van der Waals surface area contributed by atoms with Crippen molar-refractivity contribution in [1.82, 2.24) is 4.98 Å². The molecule has 0 aliphatic carbocycles. The Labute approximate surface area is 133 Å². The van der Waals surface area contributed by atoms with Crippen molar-refractivity contribution in [3.8, 4) is 0 Å². The van der Waals surface area contributed by atoms with Crippen LogP contribution >= 0.6 is 35.6 Å². The summed E-state index contributed by atoms with van der Waals surface area (Å²) in [6, 6.07) is 8.52. The normalized spacial score (nSPS) is 11.5. The highest BCUT2D eigenvalue weighted by molar-refractivity contribution is 6.42. The number of aliphatic carboxylic acids is 1. The molecule has 106 valence electrons. The van der Waals surface area contributed by atoms with Gasteiger partial charge < -0.3 is 5.11 Å². The Kier molecular flexibility index (Phi) is 6.27. The van der Waals surface area contributed by atoms with E-state index in [9.17, 15) is 9.90 Å². The summed E-state index contributed by atoms with van der Waals surface area (Å²) in [4.78, 5) is 15.4. The van der Waals surface area contributed by atoms with Crippen LogP contribution in [-0.4, -0.2) is 16.1 Å². The van der Waals surface area contributed by atoms with Crippen LogP contribution in [0, 0.1) is 0 Å². The van der Waals surface area contributed by atoms with Gasteiger partial charge in [-0.25, -0.2) is 0 Å². The predicted octanol–water partition coefficient (Wildman–Crippen LogP) is 4.22. The molecule has 0 radical (unpaired) electrons. The highest BCUT2D eigenvalue weighted by Crippen LogP contribution is 2.28. The van der Waals surface area contributed by atoms with Gasteiger partial charge in [-0.1, -0.05) is 35.3 Å². The molecule has 2 rings (SSSR count). The second-order valence-corrected chi connectivity index (χ2v) is 4.94. The van der Waals surface area contributed by atoms with Gasteiger partial charge in [0.15, 0.2) is 0 Å². The number of nitrogens with zero attached hydrogens (tertiary/aromatic N) is 1. The summed E-state index contributed by atoms with van der Waals surface area (Å²) < 4.78 is 0. The molecule has 0 spiro atoms. The van der Waals surface area contributed by atoms with Crippen LogP contribution in [0.25, 0.3) is 0 Å². The Morgan fingerprint density at radius 1 is 1.25 bits per heavy atom. The average molecular weight is 333 g/mol. The molecule has 0 bridgehead atoms. The third-order valence-corrected chi connectivity index (χ3v) is 3.55. The number of halogens is 3. The number of aromatic nitrogens is 1. The van der Waals surface area contributed by atoms with Crippen molar-refractivity contribution in [2.45, 2.75) is 12.3 Å². The van der Waals surface area contributed by atoms with Crippen molar-refractivity contribution in [2.75, 3.05) is 0 Å². The summed E-state index contributed by atoms with van der Waals surface area (Å²) >= 11 is 11.8. The smallest absolute Gasteiger partial charge is 0.311 e. The van der Waals surface area contributed by atoms with Crippen LogP contribution in [-0.2, 0) is 11.2 Å². The summed E-state index contributed by atoms with van der Waals surface area (Å²) in [6.07, 6.45) is 3.67. The van der Waals surface area contributed by atoms with Gasteiger partial charge in [-0.2, -0.15) is 0 Å². The number of benzene rings is 1. The van der Waals surface area contributed by atoms with Crippen LogP contribution in [0.2, 0.25) is 10.0 Å². The zero-order chi connectivity index (χ0) is 13.8. The largest absolute Gasteiger partial charge is 0.481 e. The topological polar surface area (TPSA) is 50.2 Å². The minimum Gasteiger partial charge on any atom is -0.481 e. The molecule has 1 heterocycles. The highest BCUT2D eigenvalue weighted by atomic mass is 35.5. The number of hydrogen-bond donors (Lipinski definition) is 1. The molecule has 1 aromatic heterocycles. The molecule has 0 saturated heterocycles. The van der Waals surface area contributed by atoms with E-state index in [0.717, 1.165) is 5.56 Å². The molecule has 6 heteroatoms. The quantitative estimate of drug-likeness (QED) is 0.912. The number of carboxylic acids is 1. The molecule has 0 saturated carbocycles. The second kappa shape index (κ2) is 7.48. The summed E-state index contributed by atoms with van der Waals surface area (Å²) in [5.74, 6) is -1.57. The van der Waals surface area contributed by atoms with Gasteiger partial charge in [0, 0.05) is 12.4 Å². The Balaban J connectivity index is 0.00000200. The molecule has 20 heavy (non-hydrogen) atoms. The lowest BCUT2D eigenvalue weighted by Gasteiger charge is -2.13. The Morgan fingerprint density at radius 2 is 2.00 bits per heavy atom. The van der Waals surface area contributed by atoms with Gasteiger partial charge in [-0.15, -0.1) is 12.4 Å². The summed E-state index contributed by atoms with van der Waals surface area (Å²) in [6.45, 7) is 0. The van der Waals surface area contributed by atoms with E-state index in [1.807, 2.05) is 6.07 Å². The number of hydrogen-bond acceptors (Lipinski definition) is 2. The molecule has 0 aliphatic rings. The van der Waals surface area contributed by atoms with Crippen molar-refractivity contribution in [1.29, 1.82) is 0 Å². The van der Waals surface area contributed by atoms with Crippen molar-refractivity contribution in [3.05, 3.63) is 63.9 Å². The van der Waals surface area contributed by atoms with E-state index in [-0.39, 0.29) is 12.4 Å². The molecule has 1 aromatic carbocycles. The van der Waals surface area contributed by atoms with Crippen LogP contribution in [0.15, 0.2) is 42.7 Å². The number of carboxylic acid groups (broad SMARTS) is 1. The number of pyridine rings is 1. The van der Waals surface area contributed by atoms with E-state index in [2.05, 4.69) is 4.98 Å². The minimum atomic E-state index is -0.901. The Morgan fingerprint density at radius 3 is 2.55 bits per heavy atom. The van der Waals surface area contributed by atoms with Gasteiger partial charge in [0.1, 0.15) is 0 Å². The first-order chi connectivity index (χ1) is 9.08. The Bertz CT molecular complexity index is 590.